The van der Waals surface area contributed by atoms with E-state index in [1.54, 1.807) is 17.5 Å². The van der Waals surface area contributed by atoms with Gasteiger partial charge in [-0.3, -0.25) is 0 Å². The Kier molecular flexibility index (Phi) is 3.87. The van der Waals surface area contributed by atoms with Crippen molar-refractivity contribution in [2.75, 3.05) is 17.2 Å². The molecule has 90 valence electrons. The minimum absolute atomic E-state index is 0.651. The maximum absolute atomic E-state index is 4.34. The van der Waals surface area contributed by atoms with Crippen molar-refractivity contribution >= 4 is 23.1 Å². The molecule has 0 saturated carbocycles. The molecule has 2 heterocycles. The number of hydrogen-bond donors (Lipinski definition) is 2. The zero-order valence-electron chi connectivity index (χ0n) is 9.90. The maximum atomic E-state index is 4.34. The number of thiazole rings is 1. The lowest BCUT2D eigenvalue weighted by Crippen LogP contribution is -2.05. The molecule has 0 radical (unpaired) electrons. The third kappa shape index (κ3) is 3.39. The first-order valence-corrected chi connectivity index (χ1v) is 6.31. The van der Waals surface area contributed by atoms with Gasteiger partial charge in [-0.2, -0.15) is 4.98 Å². The Morgan fingerprint density at radius 1 is 1.29 bits per heavy atom. The smallest absolute Gasteiger partial charge is 0.224 e. The van der Waals surface area contributed by atoms with Crippen LogP contribution in [0.5, 0.6) is 0 Å². The summed E-state index contributed by atoms with van der Waals surface area (Å²) in [6.07, 6.45) is 3.63. The molecule has 0 amide bonds. The van der Waals surface area contributed by atoms with Gasteiger partial charge in [0.25, 0.3) is 0 Å². The maximum Gasteiger partial charge on any atom is 0.224 e. The summed E-state index contributed by atoms with van der Waals surface area (Å²) in [4.78, 5) is 13.9. The zero-order chi connectivity index (χ0) is 12.1. The summed E-state index contributed by atoms with van der Waals surface area (Å²) in [5.74, 6) is 1.47. The Labute approximate surface area is 104 Å². The molecule has 0 aliphatic rings. The molecule has 0 unspecified atom stereocenters. The van der Waals surface area contributed by atoms with Gasteiger partial charge in [-0.05, 0) is 19.9 Å². The highest BCUT2D eigenvalue weighted by atomic mass is 32.1. The molecule has 0 bridgehead atoms. The van der Waals surface area contributed by atoms with E-state index in [-0.39, 0.29) is 0 Å². The van der Waals surface area contributed by atoms with Gasteiger partial charge < -0.3 is 10.6 Å². The molecule has 0 aromatic carbocycles. The van der Waals surface area contributed by atoms with E-state index in [1.165, 1.54) is 4.88 Å². The van der Waals surface area contributed by atoms with Gasteiger partial charge in [0.05, 0.1) is 11.6 Å². The van der Waals surface area contributed by atoms with Crippen LogP contribution in [0.25, 0.3) is 0 Å². The Morgan fingerprint density at radius 3 is 2.88 bits per heavy atom. The van der Waals surface area contributed by atoms with Gasteiger partial charge in [-0.25, -0.2) is 9.97 Å². The van der Waals surface area contributed by atoms with E-state index < -0.39 is 0 Å². The van der Waals surface area contributed by atoms with E-state index in [4.69, 9.17) is 0 Å². The number of nitrogens with zero attached hydrogens (tertiary/aromatic N) is 3. The van der Waals surface area contributed by atoms with Crippen molar-refractivity contribution in [2.24, 2.45) is 0 Å². The molecule has 2 rings (SSSR count). The Balaban J connectivity index is 1.96. The number of anilines is 2. The van der Waals surface area contributed by atoms with Crippen LogP contribution >= 0.6 is 11.3 Å². The van der Waals surface area contributed by atoms with Gasteiger partial charge in [-0.1, -0.05) is 0 Å². The molecule has 17 heavy (non-hydrogen) atoms. The van der Waals surface area contributed by atoms with Gasteiger partial charge in [0.1, 0.15) is 5.82 Å². The number of aryl methyl sites for hydroxylation is 1. The van der Waals surface area contributed by atoms with Crippen molar-refractivity contribution in [1.29, 1.82) is 0 Å². The van der Waals surface area contributed by atoms with Crippen LogP contribution in [0.15, 0.2) is 18.5 Å². The van der Waals surface area contributed by atoms with Gasteiger partial charge in [0.15, 0.2) is 0 Å². The van der Waals surface area contributed by atoms with Crippen LogP contribution in [0.1, 0.15) is 16.8 Å². The summed E-state index contributed by atoms with van der Waals surface area (Å²) >= 11 is 1.69. The van der Waals surface area contributed by atoms with Crippen molar-refractivity contribution in [1.82, 2.24) is 15.0 Å². The van der Waals surface area contributed by atoms with Gasteiger partial charge in [0, 0.05) is 23.8 Å². The summed E-state index contributed by atoms with van der Waals surface area (Å²) in [6.45, 7) is 5.58. The van der Waals surface area contributed by atoms with Crippen molar-refractivity contribution < 1.29 is 0 Å². The van der Waals surface area contributed by atoms with E-state index in [9.17, 15) is 0 Å². The van der Waals surface area contributed by atoms with E-state index >= 15 is 0 Å². The molecule has 0 aliphatic carbocycles. The molecule has 2 aromatic rings. The number of nitrogens with one attached hydrogen (secondary N) is 2. The molecular formula is C11H15N5S. The van der Waals surface area contributed by atoms with Gasteiger partial charge >= 0.3 is 0 Å². The quantitative estimate of drug-likeness (QED) is 0.851. The van der Waals surface area contributed by atoms with E-state index in [1.807, 2.05) is 26.1 Å². The molecule has 5 nitrogen and oxygen atoms in total. The fraction of sp³-hybridized carbons (Fsp3) is 0.364. The molecule has 0 aliphatic heterocycles. The topological polar surface area (TPSA) is 62.7 Å². The SMILES string of the molecule is CCNc1nccc(NCc2cnc(C)s2)n1. The summed E-state index contributed by atoms with van der Waals surface area (Å²) in [5, 5.41) is 7.41. The van der Waals surface area contributed by atoms with Crippen molar-refractivity contribution in [2.45, 2.75) is 20.4 Å². The molecule has 0 fully saturated rings. The lowest BCUT2D eigenvalue weighted by atomic mass is 10.5. The lowest BCUT2D eigenvalue weighted by Gasteiger charge is -2.05. The molecule has 0 saturated heterocycles. The monoisotopic (exact) mass is 249 g/mol. The van der Waals surface area contributed by atoms with Gasteiger partial charge in [-0.15, -0.1) is 11.3 Å². The van der Waals surface area contributed by atoms with Crippen LogP contribution in [-0.4, -0.2) is 21.5 Å². The fourth-order valence-corrected chi connectivity index (χ4v) is 2.10. The molecular weight excluding hydrogens is 234 g/mol. The summed E-state index contributed by atoms with van der Waals surface area (Å²) < 4.78 is 0. The van der Waals surface area contributed by atoms with Crippen molar-refractivity contribution in [3.63, 3.8) is 0 Å². The minimum Gasteiger partial charge on any atom is -0.365 e. The Hall–Kier alpha value is -1.69. The summed E-state index contributed by atoms with van der Waals surface area (Å²) in [5.41, 5.74) is 0. The third-order valence-electron chi connectivity index (χ3n) is 2.10. The second-order valence-corrected chi connectivity index (χ2v) is 4.81. The lowest BCUT2D eigenvalue weighted by molar-refractivity contribution is 1.06. The molecule has 2 N–H and O–H groups in total. The van der Waals surface area contributed by atoms with Crippen molar-refractivity contribution in [3.05, 3.63) is 28.3 Å². The van der Waals surface area contributed by atoms with Crippen LogP contribution in [-0.2, 0) is 6.54 Å². The highest BCUT2D eigenvalue weighted by Crippen LogP contribution is 2.13. The third-order valence-corrected chi connectivity index (χ3v) is 3.02. The number of rotatable bonds is 5. The Bertz CT molecular complexity index is 482. The normalized spacial score (nSPS) is 10.2. The minimum atomic E-state index is 0.651. The number of aromatic nitrogens is 3. The summed E-state index contributed by atoms with van der Waals surface area (Å²) in [6, 6.07) is 1.86. The van der Waals surface area contributed by atoms with Crippen LogP contribution in [0.3, 0.4) is 0 Å². The Morgan fingerprint density at radius 2 is 2.18 bits per heavy atom. The van der Waals surface area contributed by atoms with Crippen LogP contribution in [0, 0.1) is 6.92 Å². The first-order valence-electron chi connectivity index (χ1n) is 5.50. The largest absolute Gasteiger partial charge is 0.365 e. The van der Waals surface area contributed by atoms with E-state index in [0.717, 1.165) is 23.9 Å². The number of hydrogen-bond acceptors (Lipinski definition) is 6. The summed E-state index contributed by atoms with van der Waals surface area (Å²) in [7, 11) is 0. The van der Waals surface area contributed by atoms with Crippen LogP contribution < -0.4 is 10.6 Å². The van der Waals surface area contributed by atoms with E-state index in [2.05, 4.69) is 25.6 Å². The molecule has 6 heteroatoms. The van der Waals surface area contributed by atoms with Gasteiger partial charge in [0.2, 0.25) is 5.95 Å². The van der Waals surface area contributed by atoms with E-state index in [0.29, 0.717) is 5.95 Å². The standard InChI is InChI=1S/C11H15N5S/c1-3-12-11-13-5-4-10(16-11)15-7-9-6-14-8(2)17-9/h4-6H,3,7H2,1-2H3,(H2,12,13,15,16). The first-order chi connectivity index (χ1) is 8.28. The predicted molar refractivity (Wildman–Crippen MR) is 70.4 cm³/mol. The highest BCUT2D eigenvalue weighted by molar-refractivity contribution is 7.11. The molecule has 2 aromatic heterocycles. The van der Waals surface area contributed by atoms with Crippen LogP contribution in [0.2, 0.25) is 0 Å². The average Bonchev–Trinajstić information content (AvgIpc) is 2.74. The fourth-order valence-electron chi connectivity index (χ4n) is 1.37. The predicted octanol–water partition coefficient (Wildman–Crippen LogP) is 2.29. The second kappa shape index (κ2) is 5.58. The molecule has 0 spiro atoms. The van der Waals surface area contributed by atoms with Crippen molar-refractivity contribution in [3.8, 4) is 0 Å². The molecule has 0 atom stereocenters. The zero-order valence-corrected chi connectivity index (χ0v) is 10.7. The highest BCUT2D eigenvalue weighted by Gasteiger charge is 2.00. The average molecular weight is 249 g/mol. The second-order valence-electron chi connectivity index (χ2n) is 3.49. The first kappa shape index (κ1) is 11.8. The van der Waals surface area contributed by atoms with Crippen LogP contribution in [0.4, 0.5) is 11.8 Å².